The highest BCUT2D eigenvalue weighted by Gasteiger charge is 2.16. The number of hydrogen-bond donors (Lipinski definition) is 0. The Kier molecular flexibility index (Phi) is 4.22. The lowest BCUT2D eigenvalue weighted by Crippen LogP contribution is -2.03. The Morgan fingerprint density at radius 1 is 1.32 bits per heavy atom. The Hall–Kier alpha value is -1.79. The van der Waals surface area contributed by atoms with Crippen molar-refractivity contribution in [3.8, 4) is 11.1 Å². The number of fused-ring (bicyclic) bond motifs is 1. The number of benzene rings is 2. The first kappa shape index (κ1) is 15.1. The molecular weight excluding hydrogens is 369 g/mol. The fourth-order valence-electron chi connectivity index (χ4n) is 2.12. The zero-order valence-corrected chi connectivity index (χ0v) is 14.0. The van der Waals surface area contributed by atoms with Crippen LogP contribution in [0.1, 0.15) is 16.7 Å². The van der Waals surface area contributed by atoms with E-state index < -0.39 is 5.97 Å². The van der Waals surface area contributed by atoms with Crippen LogP contribution in [0.3, 0.4) is 0 Å². The summed E-state index contributed by atoms with van der Waals surface area (Å²) >= 11 is 4.73. The van der Waals surface area contributed by atoms with Gasteiger partial charge in [-0.15, -0.1) is 11.3 Å². The molecule has 3 rings (SSSR count). The maximum Gasteiger partial charge on any atom is 0.367 e. The van der Waals surface area contributed by atoms with Crippen molar-refractivity contribution in [1.29, 1.82) is 0 Å². The van der Waals surface area contributed by atoms with E-state index in [1.54, 1.807) is 19.1 Å². The molecule has 0 unspecified atom stereocenters. The number of hydrogen-bond acceptors (Lipinski definition) is 4. The van der Waals surface area contributed by atoms with Crippen LogP contribution in [0.4, 0.5) is 4.39 Å². The van der Waals surface area contributed by atoms with E-state index >= 15 is 0 Å². The molecule has 22 heavy (non-hydrogen) atoms. The summed E-state index contributed by atoms with van der Waals surface area (Å²) in [4.78, 5) is 16.2. The van der Waals surface area contributed by atoms with E-state index in [1.807, 2.05) is 12.1 Å². The summed E-state index contributed by atoms with van der Waals surface area (Å²) in [5, 5.41) is 0.318. The number of rotatable bonds is 3. The zero-order chi connectivity index (χ0) is 15.7. The monoisotopic (exact) mass is 379 g/mol. The summed E-state index contributed by atoms with van der Waals surface area (Å²) in [5.74, 6) is -0.712. The summed E-state index contributed by atoms with van der Waals surface area (Å²) in [5.41, 5.74) is 2.48. The third kappa shape index (κ3) is 2.89. The van der Waals surface area contributed by atoms with Crippen molar-refractivity contribution < 1.29 is 13.9 Å². The van der Waals surface area contributed by atoms with Crippen LogP contribution in [0.15, 0.2) is 40.9 Å². The molecule has 3 aromatic rings. The summed E-state index contributed by atoms with van der Waals surface area (Å²) < 4.78 is 19.8. The first-order chi connectivity index (χ1) is 10.6. The van der Waals surface area contributed by atoms with Crippen LogP contribution in [0.25, 0.3) is 21.3 Å². The molecule has 0 atom stereocenters. The smallest absolute Gasteiger partial charge is 0.367 e. The van der Waals surface area contributed by atoms with Gasteiger partial charge in [-0.3, -0.25) is 0 Å². The lowest BCUT2D eigenvalue weighted by Gasteiger charge is -2.04. The lowest BCUT2D eigenvalue weighted by atomic mass is 10.1. The third-order valence-corrected chi connectivity index (χ3v) is 4.60. The average Bonchev–Trinajstić information content (AvgIpc) is 2.91. The van der Waals surface area contributed by atoms with Gasteiger partial charge in [-0.2, -0.15) is 0 Å². The van der Waals surface area contributed by atoms with Gasteiger partial charge < -0.3 is 4.74 Å². The molecule has 0 N–H and O–H groups in total. The Balaban J connectivity index is 2.17. The van der Waals surface area contributed by atoms with Gasteiger partial charge in [0.25, 0.3) is 0 Å². The summed E-state index contributed by atoms with van der Waals surface area (Å²) in [7, 11) is 0. The van der Waals surface area contributed by atoms with Crippen molar-refractivity contribution in [2.24, 2.45) is 0 Å². The average molecular weight is 380 g/mol. The summed E-state index contributed by atoms with van der Waals surface area (Å²) in [6.45, 7) is 2.06. The molecule has 0 spiro atoms. The quantitative estimate of drug-likeness (QED) is 0.598. The van der Waals surface area contributed by atoms with Crippen molar-refractivity contribution in [3.05, 3.63) is 51.7 Å². The van der Waals surface area contributed by atoms with Gasteiger partial charge in [0, 0.05) is 10.0 Å². The van der Waals surface area contributed by atoms with E-state index in [9.17, 15) is 9.18 Å². The fraction of sp³-hybridized carbons (Fsp3) is 0.125. The van der Waals surface area contributed by atoms with Crippen LogP contribution in [0, 0.1) is 5.82 Å². The van der Waals surface area contributed by atoms with Gasteiger partial charge >= 0.3 is 5.97 Å². The first-order valence-corrected chi connectivity index (χ1v) is 8.22. The summed E-state index contributed by atoms with van der Waals surface area (Å²) in [6, 6.07) is 10.0. The number of aromatic nitrogens is 1. The minimum atomic E-state index is -0.426. The van der Waals surface area contributed by atoms with E-state index in [0.29, 0.717) is 17.1 Å². The lowest BCUT2D eigenvalue weighted by molar-refractivity contribution is 0.0526. The van der Waals surface area contributed by atoms with Crippen molar-refractivity contribution >= 4 is 43.5 Å². The number of thiazole rings is 1. The molecule has 0 fully saturated rings. The molecule has 1 heterocycles. The third-order valence-electron chi connectivity index (χ3n) is 3.06. The fourth-order valence-corrected chi connectivity index (χ4v) is 3.54. The second-order valence-corrected chi connectivity index (χ2v) is 6.46. The topological polar surface area (TPSA) is 39.2 Å². The van der Waals surface area contributed by atoms with Crippen molar-refractivity contribution in [2.75, 3.05) is 6.61 Å². The molecule has 0 aliphatic rings. The van der Waals surface area contributed by atoms with Crippen molar-refractivity contribution in [2.45, 2.75) is 6.92 Å². The molecule has 1 aromatic heterocycles. The Morgan fingerprint density at radius 3 is 2.73 bits per heavy atom. The normalized spacial score (nSPS) is 10.9. The molecule has 0 aliphatic heterocycles. The van der Waals surface area contributed by atoms with Crippen molar-refractivity contribution in [1.82, 2.24) is 4.98 Å². The molecule has 0 radical (unpaired) electrons. The second-order valence-electron chi connectivity index (χ2n) is 4.55. The van der Waals surface area contributed by atoms with E-state index in [-0.39, 0.29) is 5.82 Å². The van der Waals surface area contributed by atoms with Gasteiger partial charge in [0.05, 0.1) is 16.8 Å². The standard InChI is InChI=1S/C16H11BrFNO2S/c1-2-21-16(20)15-19-13-8-10(17)7-12(14(13)22-15)9-3-5-11(18)6-4-9/h3-8H,2H2,1H3. The maximum absolute atomic E-state index is 13.1. The number of carbonyl (C=O) groups is 1. The largest absolute Gasteiger partial charge is 0.461 e. The molecule has 0 saturated heterocycles. The highest BCUT2D eigenvalue weighted by Crippen LogP contribution is 2.36. The molecular formula is C16H11BrFNO2S. The highest BCUT2D eigenvalue weighted by molar-refractivity contribution is 9.10. The summed E-state index contributed by atoms with van der Waals surface area (Å²) in [6.07, 6.45) is 0. The Labute approximate surface area is 138 Å². The van der Waals surface area contributed by atoms with E-state index in [2.05, 4.69) is 20.9 Å². The predicted octanol–water partition coefficient (Wildman–Crippen LogP) is 5.04. The molecule has 2 aromatic carbocycles. The number of carbonyl (C=O) groups excluding carboxylic acids is 1. The van der Waals surface area contributed by atoms with E-state index in [0.717, 1.165) is 20.3 Å². The van der Waals surface area contributed by atoms with Gasteiger partial charge in [0.2, 0.25) is 5.01 Å². The molecule has 6 heteroatoms. The molecule has 3 nitrogen and oxygen atoms in total. The number of halogens is 2. The van der Waals surface area contributed by atoms with Gasteiger partial charge in [-0.25, -0.2) is 14.2 Å². The van der Waals surface area contributed by atoms with Crippen LogP contribution in [-0.4, -0.2) is 17.6 Å². The van der Waals surface area contributed by atoms with Crippen molar-refractivity contribution in [3.63, 3.8) is 0 Å². The van der Waals surface area contributed by atoms with E-state index in [1.165, 1.54) is 23.5 Å². The first-order valence-electron chi connectivity index (χ1n) is 6.61. The van der Waals surface area contributed by atoms with Gasteiger partial charge in [-0.05, 0) is 36.8 Å². The zero-order valence-electron chi connectivity index (χ0n) is 11.6. The van der Waals surface area contributed by atoms with Crippen LogP contribution in [0.2, 0.25) is 0 Å². The van der Waals surface area contributed by atoms with Gasteiger partial charge in [0.15, 0.2) is 0 Å². The second kappa shape index (κ2) is 6.14. The Morgan fingerprint density at radius 2 is 2.05 bits per heavy atom. The molecule has 112 valence electrons. The van der Waals surface area contributed by atoms with Crippen LogP contribution in [-0.2, 0) is 4.74 Å². The molecule has 0 saturated carbocycles. The van der Waals surface area contributed by atoms with Crippen LogP contribution < -0.4 is 0 Å². The Bertz CT molecular complexity index is 845. The maximum atomic E-state index is 13.1. The molecule has 0 bridgehead atoms. The number of esters is 1. The minimum absolute atomic E-state index is 0.286. The predicted molar refractivity (Wildman–Crippen MR) is 88.7 cm³/mol. The number of ether oxygens (including phenoxy) is 1. The van der Waals surface area contributed by atoms with E-state index in [4.69, 9.17) is 4.74 Å². The highest BCUT2D eigenvalue weighted by atomic mass is 79.9. The van der Waals surface area contributed by atoms with Crippen LogP contribution in [0.5, 0.6) is 0 Å². The molecule has 0 amide bonds. The minimum Gasteiger partial charge on any atom is -0.461 e. The molecule has 0 aliphatic carbocycles. The van der Waals surface area contributed by atoms with Crippen LogP contribution >= 0.6 is 27.3 Å². The SMILES string of the molecule is CCOC(=O)c1nc2cc(Br)cc(-c3ccc(F)cc3)c2s1. The van der Waals surface area contributed by atoms with Gasteiger partial charge in [0.1, 0.15) is 5.82 Å². The van der Waals surface area contributed by atoms with Gasteiger partial charge in [-0.1, -0.05) is 28.1 Å². The number of nitrogens with zero attached hydrogens (tertiary/aromatic N) is 1.